The molecule has 0 unspecified atom stereocenters. The minimum Gasteiger partial charge on any atom is -0.466 e. The van der Waals surface area contributed by atoms with E-state index in [-0.39, 0.29) is 11.9 Å². The zero-order valence-corrected chi connectivity index (χ0v) is 10.7. The minimum absolute atomic E-state index is 0.293. The zero-order valence-electron chi connectivity index (χ0n) is 9.88. The third kappa shape index (κ3) is 4.45. The summed E-state index contributed by atoms with van der Waals surface area (Å²) in [6, 6.07) is -0.428. The van der Waals surface area contributed by atoms with Gasteiger partial charge in [-0.05, 0) is 19.8 Å². The van der Waals surface area contributed by atoms with Crippen LogP contribution in [0.2, 0.25) is 0 Å². The minimum atomic E-state index is -3.73. The van der Waals surface area contributed by atoms with Gasteiger partial charge in [-0.1, -0.05) is 12.2 Å². The van der Waals surface area contributed by atoms with E-state index in [9.17, 15) is 13.2 Å². The lowest BCUT2D eigenvalue weighted by atomic mass is 9.92. The summed E-state index contributed by atoms with van der Waals surface area (Å²) in [7, 11) is -2.65. The van der Waals surface area contributed by atoms with Crippen molar-refractivity contribution in [3.63, 3.8) is 0 Å². The predicted octanol–water partition coefficient (Wildman–Crippen LogP) is 0.365. The molecule has 0 amide bonds. The third-order valence-electron chi connectivity index (χ3n) is 2.46. The molecule has 0 radical (unpaired) electrons. The van der Waals surface area contributed by atoms with E-state index in [1.807, 2.05) is 0 Å². The molecule has 0 spiro atoms. The number of carbonyl (C=O) groups excluding carboxylic acids is 1. The van der Waals surface area contributed by atoms with Gasteiger partial charge in [0.25, 0.3) is 0 Å². The quantitative estimate of drug-likeness (QED) is 0.572. The summed E-state index contributed by atoms with van der Waals surface area (Å²) in [5.74, 6) is -0.594. The van der Waals surface area contributed by atoms with Gasteiger partial charge in [0.15, 0.2) is 0 Å². The van der Waals surface area contributed by atoms with Gasteiger partial charge in [0.2, 0.25) is 0 Å². The molecule has 0 heterocycles. The van der Waals surface area contributed by atoms with E-state index in [0.717, 1.165) is 7.11 Å². The van der Waals surface area contributed by atoms with Crippen molar-refractivity contribution >= 4 is 16.3 Å². The van der Waals surface area contributed by atoms with Crippen LogP contribution in [0.25, 0.3) is 0 Å². The molecular formula is C10H17NO5S. The molecule has 0 saturated heterocycles. The second kappa shape index (κ2) is 6.13. The summed E-state index contributed by atoms with van der Waals surface area (Å²) < 4.78 is 33.9. The fourth-order valence-electron chi connectivity index (χ4n) is 1.66. The van der Waals surface area contributed by atoms with E-state index in [1.54, 1.807) is 19.1 Å². The van der Waals surface area contributed by atoms with E-state index in [2.05, 4.69) is 8.91 Å². The van der Waals surface area contributed by atoms with E-state index >= 15 is 0 Å². The maximum Gasteiger partial charge on any atom is 0.336 e. The predicted molar refractivity (Wildman–Crippen MR) is 61.3 cm³/mol. The Morgan fingerprint density at radius 1 is 1.53 bits per heavy atom. The highest BCUT2D eigenvalue weighted by Gasteiger charge is 2.27. The number of rotatable bonds is 5. The third-order valence-corrected chi connectivity index (χ3v) is 3.49. The van der Waals surface area contributed by atoms with Crippen LogP contribution < -0.4 is 4.72 Å². The van der Waals surface area contributed by atoms with Gasteiger partial charge in [-0.3, -0.25) is 8.98 Å². The molecule has 1 rings (SSSR count). The normalized spacial score (nSPS) is 24.6. The number of ether oxygens (including phenoxy) is 1. The summed E-state index contributed by atoms with van der Waals surface area (Å²) in [4.78, 5) is 11.5. The van der Waals surface area contributed by atoms with Crippen molar-refractivity contribution in [1.82, 2.24) is 4.72 Å². The SMILES string of the molecule is CCOC(=O)[C@H]1CC=C[C@H](NS(=O)(=O)OC)C1. The smallest absolute Gasteiger partial charge is 0.336 e. The van der Waals surface area contributed by atoms with Gasteiger partial charge >= 0.3 is 16.3 Å². The molecule has 0 aromatic carbocycles. The van der Waals surface area contributed by atoms with Gasteiger partial charge in [-0.15, -0.1) is 0 Å². The molecule has 7 heteroatoms. The first-order valence-electron chi connectivity index (χ1n) is 5.39. The van der Waals surface area contributed by atoms with Crippen LogP contribution in [0.5, 0.6) is 0 Å². The van der Waals surface area contributed by atoms with Crippen molar-refractivity contribution in [3.05, 3.63) is 12.2 Å². The van der Waals surface area contributed by atoms with Crippen LogP contribution in [0.3, 0.4) is 0 Å². The molecule has 6 nitrogen and oxygen atoms in total. The Kier molecular flexibility index (Phi) is 5.10. The van der Waals surface area contributed by atoms with Crippen molar-refractivity contribution in [2.75, 3.05) is 13.7 Å². The molecule has 0 bridgehead atoms. The van der Waals surface area contributed by atoms with Crippen molar-refractivity contribution in [3.8, 4) is 0 Å². The molecule has 0 saturated carbocycles. The molecule has 1 aliphatic rings. The molecular weight excluding hydrogens is 246 g/mol. The van der Waals surface area contributed by atoms with Gasteiger partial charge < -0.3 is 4.74 Å². The maximum atomic E-state index is 11.5. The Labute approximate surface area is 101 Å². The largest absolute Gasteiger partial charge is 0.466 e. The highest BCUT2D eigenvalue weighted by molar-refractivity contribution is 7.84. The van der Waals surface area contributed by atoms with Crippen LogP contribution in [0.1, 0.15) is 19.8 Å². The van der Waals surface area contributed by atoms with Crippen molar-refractivity contribution < 1.29 is 22.1 Å². The standard InChI is InChI=1S/C10H17NO5S/c1-3-16-10(12)8-5-4-6-9(7-8)11-17(13,14)15-2/h4,6,8-9,11H,3,5,7H2,1-2H3/t8-,9-/m0/s1. The summed E-state index contributed by atoms with van der Waals surface area (Å²) in [5, 5.41) is 0. The first kappa shape index (κ1) is 14.1. The lowest BCUT2D eigenvalue weighted by Crippen LogP contribution is -2.38. The summed E-state index contributed by atoms with van der Waals surface area (Å²) in [6.07, 6.45) is 4.45. The van der Waals surface area contributed by atoms with Crippen LogP contribution in [-0.4, -0.2) is 34.1 Å². The second-order valence-corrected chi connectivity index (χ2v) is 5.17. The van der Waals surface area contributed by atoms with E-state index in [4.69, 9.17) is 4.74 Å². The van der Waals surface area contributed by atoms with Crippen LogP contribution in [0, 0.1) is 5.92 Å². The number of esters is 1. The molecule has 17 heavy (non-hydrogen) atoms. The van der Waals surface area contributed by atoms with Gasteiger partial charge in [-0.2, -0.15) is 13.1 Å². The molecule has 1 aliphatic carbocycles. The van der Waals surface area contributed by atoms with Crippen molar-refractivity contribution in [2.45, 2.75) is 25.8 Å². The average Bonchev–Trinajstić information content (AvgIpc) is 2.29. The maximum absolute atomic E-state index is 11.5. The molecule has 1 N–H and O–H groups in total. The zero-order chi connectivity index (χ0) is 12.9. The Morgan fingerprint density at radius 3 is 2.82 bits per heavy atom. The van der Waals surface area contributed by atoms with Crippen molar-refractivity contribution in [1.29, 1.82) is 0 Å². The van der Waals surface area contributed by atoms with Crippen LogP contribution in [-0.2, 0) is 24.0 Å². The van der Waals surface area contributed by atoms with Crippen LogP contribution in [0.4, 0.5) is 0 Å². The van der Waals surface area contributed by atoms with Crippen molar-refractivity contribution in [2.24, 2.45) is 5.92 Å². The number of nitrogens with one attached hydrogen (secondary N) is 1. The Hall–Kier alpha value is -0.920. The summed E-state index contributed by atoms with van der Waals surface area (Å²) in [5.41, 5.74) is 0. The molecule has 0 aromatic heterocycles. The van der Waals surface area contributed by atoms with E-state index < -0.39 is 16.3 Å². The molecule has 98 valence electrons. The fraction of sp³-hybridized carbons (Fsp3) is 0.700. The monoisotopic (exact) mass is 263 g/mol. The summed E-state index contributed by atoms with van der Waals surface area (Å²) >= 11 is 0. The lowest BCUT2D eigenvalue weighted by Gasteiger charge is -2.23. The number of hydrogen-bond acceptors (Lipinski definition) is 5. The highest BCUT2D eigenvalue weighted by Crippen LogP contribution is 2.20. The topological polar surface area (TPSA) is 81.7 Å². The molecule has 2 atom stereocenters. The molecule has 0 fully saturated rings. The Balaban J connectivity index is 2.58. The first-order chi connectivity index (χ1) is 7.98. The summed E-state index contributed by atoms with van der Waals surface area (Å²) in [6.45, 7) is 2.06. The number of carbonyl (C=O) groups is 1. The fourth-order valence-corrected chi connectivity index (χ4v) is 2.30. The number of allylic oxidation sites excluding steroid dienone is 1. The number of hydrogen-bond donors (Lipinski definition) is 1. The highest BCUT2D eigenvalue weighted by atomic mass is 32.2. The average molecular weight is 263 g/mol. The van der Waals surface area contributed by atoms with E-state index in [0.29, 0.717) is 19.4 Å². The van der Waals surface area contributed by atoms with Gasteiger partial charge in [0.1, 0.15) is 0 Å². The first-order valence-corrected chi connectivity index (χ1v) is 6.80. The van der Waals surface area contributed by atoms with Crippen LogP contribution >= 0.6 is 0 Å². The van der Waals surface area contributed by atoms with Gasteiger partial charge in [-0.25, -0.2) is 0 Å². The molecule has 0 aromatic rings. The second-order valence-electron chi connectivity index (χ2n) is 3.69. The van der Waals surface area contributed by atoms with Gasteiger partial charge in [0, 0.05) is 6.04 Å². The van der Waals surface area contributed by atoms with Gasteiger partial charge in [0.05, 0.1) is 19.6 Å². The Morgan fingerprint density at radius 2 is 2.24 bits per heavy atom. The Bertz CT molecular complexity index is 390. The van der Waals surface area contributed by atoms with Crippen LogP contribution in [0.15, 0.2) is 12.2 Å². The van der Waals surface area contributed by atoms with E-state index in [1.165, 1.54) is 0 Å². The lowest BCUT2D eigenvalue weighted by molar-refractivity contribution is -0.148. The molecule has 0 aliphatic heterocycles.